The van der Waals surface area contributed by atoms with Crippen molar-refractivity contribution in [3.05, 3.63) is 12.2 Å². The van der Waals surface area contributed by atoms with Crippen LogP contribution in [0.5, 0.6) is 0 Å². The van der Waals surface area contributed by atoms with Gasteiger partial charge in [0.05, 0.1) is 13.2 Å². The second kappa shape index (κ2) is 8.03. The summed E-state index contributed by atoms with van der Waals surface area (Å²) in [7, 11) is 0. The Balaban J connectivity index is 3.22. The number of carbonyl (C=O) groups excluding carboxylic acids is 2. The van der Waals surface area contributed by atoms with Crippen molar-refractivity contribution < 1.29 is 19.1 Å². The number of rotatable bonds is 7. The van der Waals surface area contributed by atoms with Crippen LogP contribution in [0, 0.1) is 0 Å². The normalized spacial score (nSPS) is 9.47. The predicted octanol–water partition coefficient (Wildman–Crippen LogP) is 1.84. The monoisotopic (exact) mass is 214 g/mol. The van der Waals surface area contributed by atoms with Crippen LogP contribution in [0.3, 0.4) is 0 Å². The molecule has 0 aromatic rings. The summed E-state index contributed by atoms with van der Waals surface area (Å²) >= 11 is 0. The highest BCUT2D eigenvalue weighted by molar-refractivity contribution is 5.86. The molecule has 0 radical (unpaired) electrons. The molecule has 0 heterocycles. The maximum absolute atomic E-state index is 10.9. The molecule has 0 saturated heterocycles. The maximum Gasteiger partial charge on any atom is 0.333 e. The third-order valence-electron chi connectivity index (χ3n) is 1.68. The highest BCUT2D eigenvalue weighted by Crippen LogP contribution is 1.99. The van der Waals surface area contributed by atoms with E-state index in [-0.39, 0.29) is 11.9 Å². The molecule has 0 fully saturated rings. The van der Waals surface area contributed by atoms with Gasteiger partial charge < -0.3 is 9.47 Å². The van der Waals surface area contributed by atoms with Gasteiger partial charge in [-0.15, -0.1) is 0 Å². The van der Waals surface area contributed by atoms with Gasteiger partial charge in [0, 0.05) is 12.5 Å². The number of carbonyl (C=O) groups is 2. The quantitative estimate of drug-likeness (QED) is 0.368. The second-order valence-electron chi connectivity index (χ2n) is 3.32. The van der Waals surface area contributed by atoms with Crippen molar-refractivity contribution in [2.45, 2.75) is 33.1 Å². The minimum Gasteiger partial charge on any atom is -0.466 e. The zero-order valence-electron chi connectivity index (χ0n) is 9.38. The topological polar surface area (TPSA) is 52.6 Å². The van der Waals surface area contributed by atoms with Gasteiger partial charge in [0.25, 0.3) is 0 Å². The molecule has 0 amide bonds. The Morgan fingerprint density at radius 1 is 1.00 bits per heavy atom. The molecule has 0 aromatic heterocycles. The molecule has 0 atom stereocenters. The van der Waals surface area contributed by atoms with Crippen LogP contribution in [0.2, 0.25) is 0 Å². The largest absolute Gasteiger partial charge is 0.466 e. The number of unbranched alkanes of at least 4 members (excludes halogenated alkanes) is 2. The van der Waals surface area contributed by atoms with Crippen LogP contribution in [-0.2, 0) is 19.1 Å². The van der Waals surface area contributed by atoms with Crippen LogP contribution in [0.1, 0.15) is 33.1 Å². The molecule has 0 aliphatic heterocycles. The van der Waals surface area contributed by atoms with Gasteiger partial charge in [-0.1, -0.05) is 6.58 Å². The fourth-order valence-corrected chi connectivity index (χ4v) is 0.885. The Labute approximate surface area is 90.2 Å². The minimum atomic E-state index is -0.352. The number of ether oxygens (including phenoxy) is 2. The van der Waals surface area contributed by atoms with Gasteiger partial charge in [0.15, 0.2) is 0 Å². The minimum absolute atomic E-state index is 0.260. The van der Waals surface area contributed by atoms with Crippen molar-refractivity contribution in [1.29, 1.82) is 0 Å². The summed E-state index contributed by atoms with van der Waals surface area (Å²) in [4.78, 5) is 21.3. The molecule has 0 bridgehead atoms. The van der Waals surface area contributed by atoms with E-state index in [1.165, 1.54) is 6.92 Å². The van der Waals surface area contributed by atoms with E-state index in [2.05, 4.69) is 6.58 Å². The number of hydrogen-bond acceptors (Lipinski definition) is 4. The van der Waals surface area contributed by atoms with E-state index in [4.69, 9.17) is 9.47 Å². The Morgan fingerprint density at radius 2 is 1.53 bits per heavy atom. The number of esters is 2. The van der Waals surface area contributed by atoms with E-state index in [1.54, 1.807) is 6.92 Å². The van der Waals surface area contributed by atoms with Crippen LogP contribution < -0.4 is 0 Å². The van der Waals surface area contributed by atoms with Crippen LogP contribution >= 0.6 is 0 Å². The lowest BCUT2D eigenvalue weighted by molar-refractivity contribution is -0.141. The molecule has 4 heteroatoms. The molecule has 0 aliphatic carbocycles. The van der Waals surface area contributed by atoms with Crippen LogP contribution in [0.25, 0.3) is 0 Å². The standard InChI is InChI=1S/C11H18O4/c1-9(2)11(13)15-8-6-4-5-7-14-10(3)12/h1,4-8H2,2-3H3. The van der Waals surface area contributed by atoms with Crippen molar-refractivity contribution >= 4 is 11.9 Å². The van der Waals surface area contributed by atoms with Crippen molar-refractivity contribution in [3.63, 3.8) is 0 Å². The van der Waals surface area contributed by atoms with E-state index in [0.717, 1.165) is 19.3 Å². The molecule has 86 valence electrons. The molecule has 0 unspecified atom stereocenters. The highest BCUT2D eigenvalue weighted by atomic mass is 16.5. The van der Waals surface area contributed by atoms with Crippen LogP contribution in [-0.4, -0.2) is 25.2 Å². The van der Waals surface area contributed by atoms with E-state index in [9.17, 15) is 9.59 Å². The molecule has 15 heavy (non-hydrogen) atoms. The zero-order valence-corrected chi connectivity index (χ0v) is 9.38. The fourth-order valence-electron chi connectivity index (χ4n) is 0.885. The fraction of sp³-hybridized carbons (Fsp3) is 0.636. The highest BCUT2D eigenvalue weighted by Gasteiger charge is 2.01. The average Bonchev–Trinajstić information content (AvgIpc) is 2.15. The van der Waals surface area contributed by atoms with Crippen molar-refractivity contribution in [2.24, 2.45) is 0 Å². The van der Waals surface area contributed by atoms with Crippen LogP contribution in [0.4, 0.5) is 0 Å². The Bertz CT molecular complexity index is 233. The first-order valence-electron chi connectivity index (χ1n) is 5.00. The van der Waals surface area contributed by atoms with E-state index in [0.29, 0.717) is 18.8 Å². The average molecular weight is 214 g/mol. The maximum atomic E-state index is 10.9. The summed E-state index contributed by atoms with van der Waals surface area (Å²) < 4.78 is 9.63. The molecule has 0 aliphatic rings. The molecule has 0 saturated carbocycles. The van der Waals surface area contributed by atoms with Gasteiger partial charge in [0.1, 0.15) is 0 Å². The van der Waals surface area contributed by atoms with Gasteiger partial charge in [-0.05, 0) is 26.2 Å². The third-order valence-corrected chi connectivity index (χ3v) is 1.68. The van der Waals surface area contributed by atoms with Gasteiger partial charge in [-0.3, -0.25) is 4.79 Å². The molecule has 0 aromatic carbocycles. The van der Waals surface area contributed by atoms with Gasteiger partial charge in [-0.25, -0.2) is 4.79 Å². The first kappa shape index (κ1) is 13.7. The summed E-state index contributed by atoms with van der Waals surface area (Å²) in [6, 6.07) is 0. The lowest BCUT2D eigenvalue weighted by Crippen LogP contribution is -2.06. The molecular weight excluding hydrogens is 196 g/mol. The third kappa shape index (κ3) is 9.00. The van der Waals surface area contributed by atoms with Gasteiger partial charge in [0.2, 0.25) is 0 Å². The smallest absolute Gasteiger partial charge is 0.333 e. The molecule has 0 rings (SSSR count). The summed E-state index contributed by atoms with van der Waals surface area (Å²) in [5, 5.41) is 0. The summed E-state index contributed by atoms with van der Waals surface area (Å²) in [6.07, 6.45) is 2.45. The Morgan fingerprint density at radius 3 is 2.00 bits per heavy atom. The van der Waals surface area contributed by atoms with E-state index < -0.39 is 0 Å². The van der Waals surface area contributed by atoms with E-state index >= 15 is 0 Å². The lowest BCUT2D eigenvalue weighted by Gasteiger charge is -2.04. The summed E-state index contributed by atoms with van der Waals surface area (Å²) in [6.45, 7) is 7.30. The van der Waals surface area contributed by atoms with Crippen LogP contribution in [0.15, 0.2) is 12.2 Å². The Kier molecular flexibility index (Phi) is 7.32. The molecule has 0 N–H and O–H groups in total. The van der Waals surface area contributed by atoms with Crippen molar-refractivity contribution in [3.8, 4) is 0 Å². The SMILES string of the molecule is C=C(C)C(=O)OCCCCCOC(C)=O. The number of hydrogen-bond donors (Lipinski definition) is 0. The second-order valence-corrected chi connectivity index (χ2v) is 3.32. The van der Waals surface area contributed by atoms with Crippen molar-refractivity contribution in [2.75, 3.05) is 13.2 Å². The summed E-state index contributed by atoms with van der Waals surface area (Å²) in [5.74, 6) is -0.612. The predicted molar refractivity (Wildman–Crippen MR) is 56.3 cm³/mol. The van der Waals surface area contributed by atoms with Crippen molar-refractivity contribution in [1.82, 2.24) is 0 Å². The molecule has 4 nitrogen and oxygen atoms in total. The first-order valence-corrected chi connectivity index (χ1v) is 5.00. The lowest BCUT2D eigenvalue weighted by atomic mass is 10.2. The molecule has 0 spiro atoms. The zero-order chi connectivity index (χ0) is 11.7. The van der Waals surface area contributed by atoms with E-state index in [1.807, 2.05) is 0 Å². The Hall–Kier alpha value is -1.32. The van der Waals surface area contributed by atoms with Gasteiger partial charge in [-0.2, -0.15) is 0 Å². The first-order chi connectivity index (χ1) is 7.04. The summed E-state index contributed by atoms with van der Waals surface area (Å²) in [5.41, 5.74) is 0.412. The molecular formula is C11H18O4. The van der Waals surface area contributed by atoms with Gasteiger partial charge >= 0.3 is 11.9 Å².